The first-order valence-corrected chi connectivity index (χ1v) is 6.67. The summed E-state index contributed by atoms with van der Waals surface area (Å²) in [5.41, 5.74) is 0.867. The van der Waals surface area contributed by atoms with Gasteiger partial charge in [0, 0.05) is 13.1 Å². The topological polar surface area (TPSA) is 38.3 Å². The van der Waals surface area contributed by atoms with Gasteiger partial charge in [-0.15, -0.1) is 0 Å². The number of rotatable bonds is 4. The van der Waals surface area contributed by atoms with E-state index in [1.807, 2.05) is 6.92 Å². The summed E-state index contributed by atoms with van der Waals surface area (Å²) in [5, 5.41) is 3.26. The van der Waals surface area contributed by atoms with E-state index in [1.54, 1.807) is 12.1 Å². The molecule has 104 valence electrons. The van der Waals surface area contributed by atoms with Crippen molar-refractivity contribution in [2.24, 2.45) is 11.3 Å². The van der Waals surface area contributed by atoms with Crippen molar-refractivity contribution >= 4 is 5.97 Å². The van der Waals surface area contributed by atoms with Gasteiger partial charge in [-0.3, -0.25) is 4.79 Å². The van der Waals surface area contributed by atoms with Crippen molar-refractivity contribution in [1.82, 2.24) is 5.32 Å². The summed E-state index contributed by atoms with van der Waals surface area (Å²) in [5.74, 6) is -0.519. The van der Waals surface area contributed by atoms with Crippen molar-refractivity contribution in [2.45, 2.75) is 20.3 Å². The molecule has 3 nitrogen and oxygen atoms in total. The van der Waals surface area contributed by atoms with Crippen LogP contribution < -0.4 is 5.32 Å². The number of carbonyl (C=O) groups excluding carboxylic acids is 1. The molecule has 1 N–H and O–H groups in total. The minimum atomic E-state index is -0.236. The molecule has 1 aromatic carbocycles. The Morgan fingerprint density at radius 2 is 2.16 bits per heavy atom. The summed E-state index contributed by atoms with van der Waals surface area (Å²) in [6.07, 6.45) is 0.740. The first-order chi connectivity index (χ1) is 9.05. The van der Waals surface area contributed by atoms with Gasteiger partial charge in [0.15, 0.2) is 0 Å². The number of hydrogen-bond acceptors (Lipinski definition) is 3. The third-order valence-corrected chi connectivity index (χ3v) is 3.81. The molecule has 0 saturated carbocycles. The van der Waals surface area contributed by atoms with E-state index >= 15 is 0 Å². The lowest BCUT2D eigenvalue weighted by Gasteiger charge is -2.29. The highest BCUT2D eigenvalue weighted by Crippen LogP contribution is 2.35. The highest BCUT2D eigenvalue weighted by molar-refractivity contribution is 5.74. The molecule has 0 radical (unpaired) electrons. The van der Waals surface area contributed by atoms with Gasteiger partial charge < -0.3 is 10.1 Å². The first-order valence-electron chi connectivity index (χ1n) is 6.67. The molecule has 1 heterocycles. The van der Waals surface area contributed by atoms with Gasteiger partial charge >= 0.3 is 5.97 Å². The van der Waals surface area contributed by atoms with E-state index in [9.17, 15) is 9.18 Å². The molecule has 2 unspecified atom stereocenters. The van der Waals surface area contributed by atoms with Gasteiger partial charge in [-0.1, -0.05) is 19.1 Å². The van der Waals surface area contributed by atoms with E-state index < -0.39 is 0 Å². The Kier molecular flexibility index (Phi) is 4.20. The molecule has 1 fully saturated rings. The molecule has 19 heavy (non-hydrogen) atoms. The molecule has 0 bridgehead atoms. The summed E-state index contributed by atoms with van der Waals surface area (Å²) in [6, 6.07) is 6.48. The van der Waals surface area contributed by atoms with E-state index in [1.165, 1.54) is 12.1 Å². The van der Waals surface area contributed by atoms with Gasteiger partial charge in [-0.05, 0) is 36.5 Å². The summed E-state index contributed by atoms with van der Waals surface area (Å²) >= 11 is 0. The van der Waals surface area contributed by atoms with Gasteiger partial charge in [-0.2, -0.15) is 0 Å². The fraction of sp³-hybridized carbons (Fsp3) is 0.533. The van der Waals surface area contributed by atoms with E-state index in [4.69, 9.17) is 4.74 Å². The van der Waals surface area contributed by atoms with Crippen LogP contribution in [0.25, 0.3) is 0 Å². The minimum absolute atomic E-state index is 0.141. The van der Waals surface area contributed by atoms with E-state index in [0.29, 0.717) is 13.2 Å². The van der Waals surface area contributed by atoms with Gasteiger partial charge in [0.2, 0.25) is 0 Å². The van der Waals surface area contributed by atoms with Crippen LogP contribution in [-0.4, -0.2) is 25.7 Å². The molecule has 1 aliphatic rings. The Hall–Kier alpha value is -1.42. The standard InChI is InChI=1S/C15H20FNO2/c1-3-19-14(18)13-9-17-10-15(13,2)8-11-4-6-12(16)7-5-11/h4-7,13,17H,3,8-10H2,1-2H3. The average Bonchev–Trinajstić information content (AvgIpc) is 2.74. The fourth-order valence-electron chi connectivity index (χ4n) is 2.74. The number of ether oxygens (including phenoxy) is 1. The third-order valence-electron chi connectivity index (χ3n) is 3.81. The third kappa shape index (κ3) is 3.13. The van der Waals surface area contributed by atoms with E-state index in [-0.39, 0.29) is 23.1 Å². The van der Waals surface area contributed by atoms with Crippen molar-refractivity contribution in [3.63, 3.8) is 0 Å². The minimum Gasteiger partial charge on any atom is -0.466 e. The Morgan fingerprint density at radius 3 is 2.79 bits per heavy atom. The van der Waals surface area contributed by atoms with Crippen molar-refractivity contribution < 1.29 is 13.9 Å². The largest absolute Gasteiger partial charge is 0.466 e. The number of hydrogen-bond donors (Lipinski definition) is 1. The number of nitrogens with one attached hydrogen (secondary N) is 1. The zero-order chi connectivity index (χ0) is 13.9. The maximum absolute atomic E-state index is 12.9. The first kappa shape index (κ1) is 14.0. The lowest BCUT2D eigenvalue weighted by Crippen LogP contribution is -2.35. The van der Waals surface area contributed by atoms with Crippen LogP contribution in [0.5, 0.6) is 0 Å². The smallest absolute Gasteiger partial charge is 0.310 e. The molecule has 1 saturated heterocycles. The highest BCUT2D eigenvalue weighted by Gasteiger charge is 2.43. The zero-order valence-corrected chi connectivity index (χ0v) is 11.4. The zero-order valence-electron chi connectivity index (χ0n) is 11.4. The molecule has 0 spiro atoms. The normalized spacial score (nSPS) is 26.4. The molecule has 2 rings (SSSR count). The molecular formula is C15H20FNO2. The Morgan fingerprint density at radius 1 is 1.47 bits per heavy atom. The molecule has 4 heteroatoms. The van der Waals surface area contributed by atoms with Crippen LogP contribution in [0.2, 0.25) is 0 Å². The molecule has 0 amide bonds. The second-order valence-electron chi connectivity index (χ2n) is 5.39. The number of carbonyl (C=O) groups is 1. The Labute approximate surface area is 113 Å². The van der Waals surface area contributed by atoms with Crippen molar-refractivity contribution in [3.05, 3.63) is 35.6 Å². The quantitative estimate of drug-likeness (QED) is 0.848. The predicted octanol–water partition coefficient (Wildman–Crippen LogP) is 2.16. The van der Waals surface area contributed by atoms with Crippen molar-refractivity contribution in [3.8, 4) is 0 Å². The van der Waals surface area contributed by atoms with Gasteiger partial charge in [-0.25, -0.2) is 4.39 Å². The van der Waals surface area contributed by atoms with Crippen LogP contribution in [0.15, 0.2) is 24.3 Å². The second kappa shape index (κ2) is 5.70. The molecule has 0 aromatic heterocycles. The van der Waals surface area contributed by atoms with Crippen LogP contribution in [-0.2, 0) is 16.0 Å². The second-order valence-corrected chi connectivity index (χ2v) is 5.39. The maximum atomic E-state index is 12.9. The summed E-state index contributed by atoms with van der Waals surface area (Å²) in [4.78, 5) is 12.0. The van der Waals surface area contributed by atoms with Crippen LogP contribution in [0.4, 0.5) is 4.39 Å². The Balaban J connectivity index is 2.11. The van der Waals surface area contributed by atoms with Gasteiger partial charge in [0.1, 0.15) is 5.82 Å². The number of benzene rings is 1. The summed E-state index contributed by atoms with van der Waals surface area (Å²) < 4.78 is 18.1. The van der Waals surface area contributed by atoms with E-state index in [0.717, 1.165) is 18.5 Å². The SMILES string of the molecule is CCOC(=O)C1CNCC1(C)Cc1ccc(F)cc1. The molecule has 2 atom stereocenters. The molecular weight excluding hydrogens is 245 g/mol. The average molecular weight is 265 g/mol. The number of esters is 1. The van der Waals surface area contributed by atoms with Gasteiger partial charge in [0.25, 0.3) is 0 Å². The van der Waals surface area contributed by atoms with Crippen LogP contribution in [0.1, 0.15) is 19.4 Å². The predicted molar refractivity (Wildman–Crippen MR) is 71.2 cm³/mol. The lowest BCUT2D eigenvalue weighted by atomic mass is 9.75. The van der Waals surface area contributed by atoms with Crippen LogP contribution in [0, 0.1) is 17.2 Å². The molecule has 1 aromatic rings. The van der Waals surface area contributed by atoms with Crippen LogP contribution in [0.3, 0.4) is 0 Å². The van der Waals surface area contributed by atoms with Crippen LogP contribution >= 0.6 is 0 Å². The monoisotopic (exact) mass is 265 g/mol. The summed E-state index contributed by atoms with van der Waals surface area (Å²) in [7, 11) is 0. The molecule has 0 aliphatic carbocycles. The van der Waals surface area contributed by atoms with Gasteiger partial charge in [0.05, 0.1) is 12.5 Å². The maximum Gasteiger partial charge on any atom is 0.310 e. The number of halogens is 1. The molecule has 1 aliphatic heterocycles. The summed E-state index contributed by atoms with van der Waals surface area (Å²) in [6.45, 7) is 5.72. The Bertz CT molecular complexity index is 446. The lowest BCUT2D eigenvalue weighted by molar-refractivity contribution is -0.150. The van der Waals surface area contributed by atoms with Crippen molar-refractivity contribution in [1.29, 1.82) is 0 Å². The van der Waals surface area contributed by atoms with E-state index in [2.05, 4.69) is 12.2 Å². The highest BCUT2D eigenvalue weighted by atomic mass is 19.1. The van der Waals surface area contributed by atoms with Crippen molar-refractivity contribution in [2.75, 3.05) is 19.7 Å². The fourth-order valence-corrected chi connectivity index (χ4v) is 2.74.